The highest BCUT2D eigenvalue weighted by Gasteiger charge is 2.10. The summed E-state index contributed by atoms with van der Waals surface area (Å²) in [6, 6.07) is 8.40. The van der Waals surface area contributed by atoms with Crippen molar-refractivity contribution in [1.29, 1.82) is 0 Å². The van der Waals surface area contributed by atoms with Crippen LogP contribution in [0.15, 0.2) is 41.0 Å². The number of amides is 1. The van der Waals surface area contributed by atoms with Gasteiger partial charge in [0.15, 0.2) is 0 Å². The average Bonchev–Trinajstić information content (AvgIpc) is 2.32. The molecule has 2 aromatic rings. The number of halogens is 2. The molecule has 2 aromatic heterocycles. The normalized spacial score (nSPS) is 10.0. The predicted molar refractivity (Wildman–Crippen MR) is 69.1 cm³/mol. The predicted octanol–water partition coefficient (Wildman–Crippen LogP) is 3.14. The summed E-state index contributed by atoms with van der Waals surface area (Å²) in [5.41, 5.74) is 0.245. The maximum absolute atomic E-state index is 11.8. The van der Waals surface area contributed by atoms with E-state index in [1.165, 1.54) is 0 Å². The molecule has 0 bridgehead atoms. The minimum absolute atomic E-state index is 0.245. The van der Waals surface area contributed by atoms with E-state index in [-0.39, 0.29) is 16.8 Å². The van der Waals surface area contributed by atoms with E-state index in [0.29, 0.717) is 10.3 Å². The van der Waals surface area contributed by atoms with Crippen molar-refractivity contribution in [3.8, 4) is 0 Å². The molecule has 0 aromatic carbocycles. The fourth-order valence-electron chi connectivity index (χ4n) is 1.18. The molecule has 4 nitrogen and oxygen atoms in total. The molecule has 0 fully saturated rings. The maximum atomic E-state index is 11.8. The van der Waals surface area contributed by atoms with Gasteiger partial charge < -0.3 is 5.32 Å². The first-order chi connectivity index (χ1) is 8.16. The summed E-state index contributed by atoms with van der Waals surface area (Å²) in [6.07, 6.45) is 1.59. The summed E-state index contributed by atoms with van der Waals surface area (Å²) in [4.78, 5) is 19.8. The van der Waals surface area contributed by atoms with Gasteiger partial charge in [0.25, 0.3) is 5.91 Å². The second-order valence-corrected chi connectivity index (χ2v) is 4.38. The highest BCUT2D eigenvalue weighted by Crippen LogP contribution is 2.18. The third-order valence-corrected chi connectivity index (χ3v) is 2.79. The smallest absolute Gasteiger partial charge is 0.275 e. The van der Waals surface area contributed by atoms with Crippen molar-refractivity contribution in [1.82, 2.24) is 9.97 Å². The zero-order valence-corrected chi connectivity index (χ0v) is 10.9. The van der Waals surface area contributed by atoms with Crippen LogP contribution in [0.4, 0.5) is 5.82 Å². The van der Waals surface area contributed by atoms with Gasteiger partial charge in [-0.25, -0.2) is 9.97 Å². The van der Waals surface area contributed by atoms with Gasteiger partial charge >= 0.3 is 0 Å². The van der Waals surface area contributed by atoms with E-state index in [1.54, 1.807) is 36.5 Å². The van der Waals surface area contributed by atoms with Crippen LogP contribution in [0, 0.1) is 0 Å². The number of aromatic nitrogens is 2. The molecule has 0 saturated heterocycles. The Kier molecular flexibility index (Phi) is 3.71. The number of carbonyl (C=O) groups excluding carboxylic acids is 1. The molecule has 2 rings (SSSR count). The number of nitrogens with one attached hydrogen (secondary N) is 1. The van der Waals surface area contributed by atoms with Gasteiger partial charge in [-0.3, -0.25) is 4.79 Å². The summed E-state index contributed by atoms with van der Waals surface area (Å²) in [5.74, 6) is 0.0891. The van der Waals surface area contributed by atoms with Gasteiger partial charge in [-0.15, -0.1) is 0 Å². The summed E-state index contributed by atoms with van der Waals surface area (Å²) in [5, 5.41) is 2.91. The van der Waals surface area contributed by atoms with E-state index in [2.05, 4.69) is 31.2 Å². The van der Waals surface area contributed by atoms with E-state index in [1.807, 2.05) is 0 Å². The molecule has 0 radical (unpaired) electrons. The molecule has 1 N–H and O–H groups in total. The van der Waals surface area contributed by atoms with Gasteiger partial charge in [0.05, 0.1) is 4.47 Å². The van der Waals surface area contributed by atoms with Gasteiger partial charge in [-0.2, -0.15) is 0 Å². The van der Waals surface area contributed by atoms with Gasteiger partial charge in [0.2, 0.25) is 0 Å². The van der Waals surface area contributed by atoms with Crippen LogP contribution in [-0.4, -0.2) is 15.9 Å². The van der Waals surface area contributed by atoms with Gasteiger partial charge in [0, 0.05) is 6.20 Å². The highest BCUT2D eigenvalue weighted by atomic mass is 79.9. The van der Waals surface area contributed by atoms with Crippen molar-refractivity contribution >= 4 is 39.3 Å². The van der Waals surface area contributed by atoms with Gasteiger partial charge in [0.1, 0.15) is 16.7 Å². The van der Waals surface area contributed by atoms with Crippen LogP contribution in [0.2, 0.25) is 5.15 Å². The first kappa shape index (κ1) is 12.0. The number of hydrogen-bond acceptors (Lipinski definition) is 3. The fraction of sp³-hybridized carbons (Fsp3) is 0. The number of rotatable bonds is 2. The molecular formula is C11H7BrClN3O. The fourth-order valence-corrected chi connectivity index (χ4v) is 1.70. The summed E-state index contributed by atoms with van der Waals surface area (Å²) in [6.45, 7) is 0. The molecule has 0 atom stereocenters. The van der Waals surface area contributed by atoms with Crippen LogP contribution >= 0.6 is 27.5 Å². The topological polar surface area (TPSA) is 54.9 Å². The minimum Gasteiger partial charge on any atom is -0.304 e. The van der Waals surface area contributed by atoms with Crippen molar-refractivity contribution in [3.63, 3.8) is 0 Å². The van der Waals surface area contributed by atoms with E-state index in [0.717, 1.165) is 0 Å². The van der Waals surface area contributed by atoms with Crippen molar-refractivity contribution in [3.05, 3.63) is 51.8 Å². The second-order valence-electron chi connectivity index (χ2n) is 3.13. The quantitative estimate of drug-likeness (QED) is 0.867. The molecule has 0 spiro atoms. The van der Waals surface area contributed by atoms with Crippen LogP contribution in [0.1, 0.15) is 10.5 Å². The summed E-state index contributed by atoms with van der Waals surface area (Å²) >= 11 is 9.00. The Morgan fingerprint density at radius 1 is 1.29 bits per heavy atom. The third-order valence-electron chi connectivity index (χ3n) is 1.94. The number of hydrogen-bond donors (Lipinski definition) is 1. The SMILES string of the molecule is O=C(Nc1ncccc1Br)c1cccc(Cl)n1. The van der Waals surface area contributed by atoms with E-state index in [4.69, 9.17) is 11.6 Å². The van der Waals surface area contributed by atoms with E-state index >= 15 is 0 Å². The molecule has 6 heteroatoms. The Bertz CT molecular complexity index is 562. The molecule has 86 valence electrons. The lowest BCUT2D eigenvalue weighted by molar-refractivity contribution is 0.102. The average molecular weight is 313 g/mol. The number of pyridine rings is 2. The second kappa shape index (κ2) is 5.25. The van der Waals surface area contributed by atoms with Crippen molar-refractivity contribution in [2.24, 2.45) is 0 Å². The van der Waals surface area contributed by atoms with Crippen LogP contribution in [-0.2, 0) is 0 Å². The van der Waals surface area contributed by atoms with Crippen LogP contribution in [0.3, 0.4) is 0 Å². The Hall–Kier alpha value is -1.46. The van der Waals surface area contributed by atoms with Gasteiger partial charge in [-0.1, -0.05) is 17.7 Å². The monoisotopic (exact) mass is 311 g/mol. The molecule has 0 unspecified atom stereocenters. The molecule has 17 heavy (non-hydrogen) atoms. The van der Waals surface area contributed by atoms with E-state index in [9.17, 15) is 4.79 Å². The van der Waals surface area contributed by atoms with E-state index < -0.39 is 0 Å². The molecule has 0 aliphatic rings. The lowest BCUT2D eigenvalue weighted by atomic mass is 10.3. The lowest BCUT2D eigenvalue weighted by Crippen LogP contribution is -2.14. The Labute approximate surface area is 111 Å². The summed E-state index contributed by atoms with van der Waals surface area (Å²) < 4.78 is 0.704. The molecule has 0 aliphatic heterocycles. The summed E-state index contributed by atoms with van der Waals surface area (Å²) in [7, 11) is 0. The maximum Gasteiger partial charge on any atom is 0.275 e. The highest BCUT2D eigenvalue weighted by molar-refractivity contribution is 9.10. The van der Waals surface area contributed by atoms with Gasteiger partial charge in [-0.05, 0) is 40.2 Å². The number of anilines is 1. The molecule has 2 heterocycles. The number of carbonyl (C=O) groups is 1. The van der Waals surface area contributed by atoms with Crippen LogP contribution < -0.4 is 5.32 Å². The zero-order valence-electron chi connectivity index (χ0n) is 8.52. The Morgan fingerprint density at radius 2 is 2.12 bits per heavy atom. The van der Waals surface area contributed by atoms with Crippen molar-refractivity contribution in [2.45, 2.75) is 0 Å². The van der Waals surface area contributed by atoms with Crippen molar-refractivity contribution < 1.29 is 4.79 Å². The zero-order chi connectivity index (χ0) is 12.3. The standard InChI is InChI=1S/C11H7BrClN3O/c12-7-3-2-6-14-10(7)16-11(17)8-4-1-5-9(13)15-8/h1-6H,(H,14,16,17). The first-order valence-corrected chi connectivity index (χ1v) is 5.88. The van der Waals surface area contributed by atoms with Crippen LogP contribution in [0.5, 0.6) is 0 Å². The Morgan fingerprint density at radius 3 is 2.82 bits per heavy atom. The first-order valence-electron chi connectivity index (χ1n) is 4.71. The third kappa shape index (κ3) is 3.01. The molecule has 0 aliphatic carbocycles. The molecule has 0 saturated carbocycles. The number of nitrogens with zero attached hydrogens (tertiary/aromatic N) is 2. The lowest BCUT2D eigenvalue weighted by Gasteiger charge is -2.05. The minimum atomic E-state index is -0.355. The Balaban J connectivity index is 2.20. The largest absolute Gasteiger partial charge is 0.304 e. The van der Waals surface area contributed by atoms with Crippen LogP contribution in [0.25, 0.3) is 0 Å². The molecule has 1 amide bonds. The molecular weight excluding hydrogens is 305 g/mol. The van der Waals surface area contributed by atoms with Crippen molar-refractivity contribution in [2.75, 3.05) is 5.32 Å².